The summed E-state index contributed by atoms with van der Waals surface area (Å²) < 4.78 is 10.7. The van der Waals surface area contributed by atoms with Crippen molar-refractivity contribution in [2.24, 2.45) is 0 Å². The Balaban J connectivity index is 1.64. The number of rotatable bonds is 6. The lowest BCUT2D eigenvalue weighted by Crippen LogP contribution is -2.49. The van der Waals surface area contributed by atoms with E-state index in [0.717, 1.165) is 42.6 Å². The van der Waals surface area contributed by atoms with Gasteiger partial charge in [-0.25, -0.2) is 0 Å². The molecular formula is C30H32N2O4. The molecule has 2 atom stereocenters. The molecule has 2 aliphatic rings. The first-order chi connectivity index (χ1) is 17.6. The Hall–Kier alpha value is -3.80. The second-order valence-corrected chi connectivity index (χ2v) is 9.50. The second kappa shape index (κ2) is 10.4. The maximum Gasteiger partial charge on any atom is 0.259 e. The average Bonchev–Trinajstić information content (AvgIpc) is 2.93. The summed E-state index contributed by atoms with van der Waals surface area (Å²) >= 11 is 0. The average molecular weight is 485 g/mol. The van der Waals surface area contributed by atoms with Crippen molar-refractivity contribution in [3.05, 3.63) is 89.5 Å². The second-order valence-electron chi connectivity index (χ2n) is 9.50. The van der Waals surface area contributed by atoms with E-state index in [1.165, 1.54) is 6.42 Å². The Labute approximate surface area is 212 Å². The molecule has 0 spiro atoms. The van der Waals surface area contributed by atoms with Crippen molar-refractivity contribution in [1.82, 2.24) is 5.32 Å². The molecule has 3 aromatic carbocycles. The number of amides is 2. The summed E-state index contributed by atoms with van der Waals surface area (Å²) in [6, 6.07) is 22.2. The van der Waals surface area contributed by atoms with Gasteiger partial charge in [0.25, 0.3) is 5.91 Å². The predicted octanol–water partition coefficient (Wildman–Crippen LogP) is 5.64. The first-order valence-electron chi connectivity index (χ1n) is 12.6. The quantitative estimate of drug-likeness (QED) is 0.492. The van der Waals surface area contributed by atoms with Crippen LogP contribution < -0.4 is 19.7 Å². The van der Waals surface area contributed by atoms with Gasteiger partial charge in [-0.3, -0.25) is 14.5 Å². The molecule has 2 amide bonds. The first-order valence-corrected chi connectivity index (χ1v) is 12.6. The molecule has 1 N–H and O–H groups in total. The maximum atomic E-state index is 14.0. The van der Waals surface area contributed by atoms with E-state index in [4.69, 9.17) is 9.47 Å². The molecule has 0 radical (unpaired) electrons. The largest absolute Gasteiger partial charge is 0.497 e. The van der Waals surface area contributed by atoms with Crippen LogP contribution in [0.15, 0.2) is 72.8 Å². The minimum absolute atomic E-state index is 0.0406. The van der Waals surface area contributed by atoms with Gasteiger partial charge in [0.2, 0.25) is 5.91 Å². The fraction of sp³-hybridized carbons (Fsp3) is 0.333. The summed E-state index contributed by atoms with van der Waals surface area (Å²) in [4.78, 5) is 29.8. The lowest BCUT2D eigenvalue weighted by molar-refractivity contribution is -0.124. The van der Waals surface area contributed by atoms with Gasteiger partial charge in [-0.1, -0.05) is 49.6 Å². The standard InChI is InChI=1S/C30H32N2O4/c1-35-23-16-12-20(13-17-23)28-27(29(33)31-21-8-4-3-5-9-21)25-10-6-7-11-26(25)30(34)32(28)22-14-18-24(36-2)19-15-22/h6-7,10-19,21,27-28H,3-5,8-9H2,1-2H3,(H,31,33)/t27-,28+/m0/s1. The molecule has 6 nitrogen and oxygen atoms in total. The van der Waals surface area contributed by atoms with E-state index in [9.17, 15) is 9.59 Å². The molecule has 5 rings (SSSR count). The van der Waals surface area contributed by atoms with Gasteiger partial charge in [-0.15, -0.1) is 0 Å². The number of carbonyl (C=O) groups excluding carboxylic acids is 2. The Bertz CT molecular complexity index is 1220. The Morgan fingerprint density at radius 1 is 0.833 bits per heavy atom. The number of methoxy groups -OCH3 is 2. The van der Waals surface area contributed by atoms with Crippen molar-refractivity contribution in [3.63, 3.8) is 0 Å². The highest BCUT2D eigenvalue weighted by atomic mass is 16.5. The molecular weight excluding hydrogens is 452 g/mol. The lowest BCUT2D eigenvalue weighted by Gasteiger charge is -2.42. The Kier molecular flexibility index (Phi) is 6.94. The number of benzene rings is 3. The smallest absolute Gasteiger partial charge is 0.259 e. The minimum Gasteiger partial charge on any atom is -0.497 e. The Morgan fingerprint density at radius 3 is 2.08 bits per heavy atom. The third kappa shape index (κ3) is 4.55. The summed E-state index contributed by atoms with van der Waals surface area (Å²) in [7, 11) is 3.24. The number of ether oxygens (including phenoxy) is 2. The number of nitrogens with one attached hydrogen (secondary N) is 1. The fourth-order valence-corrected chi connectivity index (χ4v) is 5.52. The van der Waals surface area contributed by atoms with Crippen LogP contribution in [0, 0.1) is 0 Å². The number of nitrogens with zero attached hydrogens (tertiary/aromatic N) is 1. The molecule has 0 unspecified atom stereocenters. The van der Waals surface area contributed by atoms with Gasteiger partial charge in [-0.2, -0.15) is 0 Å². The predicted molar refractivity (Wildman–Crippen MR) is 140 cm³/mol. The van der Waals surface area contributed by atoms with E-state index >= 15 is 0 Å². The third-order valence-corrected chi connectivity index (χ3v) is 7.38. The third-order valence-electron chi connectivity index (χ3n) is 7.38. The minimum atomic E-state index is -0.559. The topological polar surface area (TPSA) is 67.9 Å². The molecule has 1 aliphatic carbocycles. The van der Waals surface area contributed by atoms with E-state index in [2.05, 4.69) is 5.32 Å². The van der Waals surface area contributed by atoms with Crippen LogP contribution in [0.1, 0.15) is 65.5 Å². The molecule has 1 heterocycles. The number of hydrogen-bond acceptors (Lipinski definition) is 4. The zero-order valence-electron chi connectivity index (χ0n) is 20.8. The van der Waals surface area contributed by atoms with Crippen molar-refractivity contribution in [2.75, 3.05) is 19.1 Å². The molecule has 36 heavy (non-hydrogen) atoms. The highest BCUT2D eigenvalue weighted by Crippen LogP contribution is 2.45. The number of carbonyl (C=O) groups is 2. The number of fused-ring (bicyclic) bond motifs is 1. The molecule has 186 valence electrons. The van der Waals surface area contributed by atoms with Crippen molar-refractivity contribution >= 4 is 17.5 Å². The molecule has 6 heteroatoms. The molecule has 0 aromatic heterocycles. The van der Waals surface area contributed by atoms with Gasteiger partial charge in [0.1, 0.15) is 11.5 Å². The zero-order chi connectivity index (χ0) is 25.1. The highest BCUT2D eigenvalue weighted by Gasteiger charge is 2.45. The van der Waals surface area contributed by atoms with Gasteiger partial charge in [-0.05, 0) is 66.4 Å². The molecule has 0 saturated heterocycles. The summed E-state index contributed by atoms with van der Waals surface area (Å²) in [5, 5.41) is 3.34. The van der Waals surface area contributed by atoms with E-state index in [1.54, 1.807) is 19.1 Å². The van der Waals surface area contributed by atoms with Crippen LogP contribution >= 0.6 is 0 Å². The van der Waals surface area contributed by atoms with Crippen LogP contribution in [0.2, 0.25) is 0 Å². The van der Waals surface area contributed by atoms with Crippen LogP contribution in [0.25, 0.3) is 0 Å². The molecule has 0 bridgehead atoms. The normalized spacial score (nSPS) is 19.9. The van der Waals surface area contributed by atoms with Crippen molar-refractivity contribution in [2.45, 2.75) is 50.1 Å². The highest BCUT2D eigenvalue weighted by molar-refractivity contribution is 6.11. The van der Waals surface area contributed by atoms with Crippen LogP contribution in [-0.2, 0) is 4.79 Å². The van der Waals surface area contributed by atoms with Crippen LogP contribution in [0.4, 0.5) is 5.69 Å². The number of anilines is 1. The lowest BCUT2D eigenvalue weighted by atomic mass is 9.78. The fourth-order valence-electron chi connectivity index (χ4n) is 5.52. The van der Waals surface area contributed by atoms with Crippen molar-refractivity contribution in [3.8, 4) is 11.5 Å². The van der Waals surface area contributed by atoms with Crippen LogP contribution in [0.3, 0.4) is 0 Å². The van der Waals surface area contributed by atoms with Gasteiger partial charge >= 0.3 is 0 Å². The van der Waals surface area contributed by atoms with Crippen molar-refractivity contribution < 1.29 is 19.1 Å². The van der Waals surface area contributed by atoms with Gasteiger partial charge in [0, 0.05) is 17.3 Å². The Morgan fingerprint density at radius 2 is 1.44 bits per heavy atom. The van der Waals surface area contributed by atoms with Gasteiger partial charge in [0.15, 0.2) is 0 Å². The SMILES string of the molecule is COc1ccc([C@@H]2[C@@H](C(=O)NC3CCCCC3)c3ccccc3C(=O)N2c2ccc(OC)cc2)cc1. The van der Waals surface area contributed by atoms with E-state index in [-0.39, 0.29) is 17.9 Å². The first kappa shape index (κ1) is 23.9. The maximum absolute atomic E-state index is 14.0. The van der Waals surface area contributed by atoms with E-state index < -0.39 is 12.0 Å². The molecule has 1 aliphatic heterocycles. The van der Waals surface area contributed by atoms with Crippen molar-refractivity contribution in [1.29, 1.82) is 0 Å². The van der Waals surface area contributed by atoms with Gasteiger partial charge < -0.3 is 14.8 Å². The molecule has 1 saturated carbocycles. The van der Waals surface area contributed by atoms with Crippen LogP contribution in [0.5, 0.6) is 11.5 Å². The van der Waals surface area contributed by atoms with E-state index in [0.29, 0.717) is 17.0 Å². The summed E-state index contributed by atoms with van der Waals surface area (Å²) in [5.74, 6) is 0.701. The summed E-state index contributed by atoms with van der Waals surface area (Å²) in [5.41, 5.74) is 2.91. The summed E-state index contributed by atoms with van der Waals surface area (Å²) in [6.07, 6.45) is 5.46. The zero-order valence-corrected chi connectivity index (χ0v) is 20.8. The van der Waals surface area contributed by atoms with E-state index in [1.807, 2.05) is 72.8 Å². The van der Waals surface area contributed by atoms with Gasteiger partial charge in [0.05, 0.1) is 26.2 Å². The van der Waals surface area contributed by atoms with Crippen LogP contribution in [-0.4, -0.2) is 32.1 Å². The monoisotopic (exact) mass is 484 g/mol. The summed E-state index contributed by atoms with van der Waals surface area (Å²) in [6.45, 7) is 0. The molecule has 1 fully saturated rings. The molecule has 3 aromatic rings. The number of hydrogen-bond donors (Lipinski definition) is 1.